The van der Waals surface area contributed by atoms with Gasteiger partial charge in [-0.3, -0.25) is 0 Å². The molecule has 0 saturated carbocycles. The van der Waals surface area contributed by atoms with Crippen molar-refractivity contribution in [1.82, 2.24) is 0 Å². The van der Waals surface area contributed by atoms with Gasteiger partial charge >= 0.3 is 0 Å². The summed E-state index contributed by atoms with van der Waals surface area (Å²) >= 11 is 6.14. The second kappa shape index (κ2) is 5.50. The molecule has 3 heteroatoms. The number of aliphatic hydroxyl groups excluding tert-OH is 1. The molecule has 1 aromatic carbocycles. The number of aliphatic hydroxyl groups is 1. The summed E-state index contributed by atoms with van der Waals surface area (Å²) in [6.45, 7) is 4.70. The van der Waals surface area contributed by atoms with Gasteiger partial charge < -0.3 is 10.8 Å². The molecule has 0 radical (unpaired) electrons. The minimum absolute atomic E-state index is 0.101. The van der Waals surface area contributed by atoms with Crippen LogP contribution in [0.25, 0.3) is 0 Å². The van der Waals surface area contributed by atoms with Crippen molar-refractivity contribution in [3.8, 4) is 0 Å². The van der Waals surface area contributed by atoms with E-state index < -0.39 is 0 Å². The Morgan fingerprint density at radius 1 is 1.33 bits per heavy atom. The average Bonchev–Trinajstić information content (AvgIpc) is 2.21. The van der Waals surface area contributed by atoms with Crippen LogP contribution in [-0.4, -0.2) is 18.3 Å². The molecule has 0 saturated heterocycles. The third kappa shape index (κ3) is 3.20. The molecule has 1 unspecified atom stereocenters. The van der Waals surface area contributed by atoms with Crippen molar-refractivity contribution in [1.29, 1.82) is 0 Å². The largest absolute Gasteiger partial charge is 0.396 e. The van der Waals surface area contributed by atoms with Gasteiger partial charge in [0.1, 0.15) is 0 Å². The minimum atomic E-state index is 0.101. The van der Waals surface area contributed by atoms with E-state index >= 15 is 0 Å². The van der Waals surface area contributed by atoms with Crippen LogP contribution in [0.1, 0.15) is 16.7 Å². The standard InChI is InChI=1S/C12H18ClNO/c1-8-3-11(5-10(6-14)7-15)12(13)4-9(8)2/h3-4,10,15H,5-7,14H2,1-2H3. The van der Waals surface area contributed by atoms with Crippen molar-refractivity contribution in [2.75, 3.05) is 13.2 Å². The highest BCUT2D eigenvalue weighted by Gasteiger charge is 2.10. The van der Waals surface area contributed by atoms with Gasteiger partial charge in [-0.2, -0.15) is 0 Å². The fourth-order valence-electron chi connectivity index (χ4n) is 1.53. The predicted octanol–water partition coefficient (Wildman–Crippen LogP) is 2.07. The quantitative estimate of drug-likeness (QED) is 0.827. The number of aryl methyl sites for hydroxylation is 2. The van der Waals surface area contributed by atoms with Crippen molar-refractivity contribution in [3.63, 3.8) is 0 Å². The van der Waals surface area contributed by atoms with Crippen LogP contribution >= 0.6 is 11.6 Å². The second-order valence-electron chi connectivity index (χ2n) is 4.02. The maximum atomic E-state index is 9.08. The normalized spacial score (nSPS) is 12.9. The zero-order chi connectivity index (χ0) is 11.4. The van der Waals surface area contributed by atoms with Gasteiger partial charge in [0.2, 0.25) is 0 Å². The molecule has 0 heterocycles. The third-order valence-electron chi connectivity index (χ3n) is 2.76. The van der Waals surface area contributed by atoms with Crippen molar-refractivity contribution in [2.45, 2.75) is 20.3 Å². The molecule has 84 valence electrons. The molecule has 1 aromatic rings. The van der Waals surface area contributed by atoms with Crippen LogP contribution in [0, 0.1) is 19.8 Å². The van der Waals surface area contributed by atoms with Crippen molar-refractivity contribution in [2.24, 2.45) is 11.7 Å². The summed E-state index contributed by atoms with van der Waals surface area (Å²) in [6, 6.07) is 4.05. The Kier molecular flexibility index (Phi) is 4.58. The molecular formula is C12H18ClNO. The van der Waals surface area contributed by atoms with E-state index in [0.29, 0.717) is 6.54 Å². The fourth-order valence-corrected chi connectivity index (χ4v) is 1.83. The highest BCUT2D eigenvalue weighted by molar-refractivity contribution is 6.31. The van der Waals surface area contributed by atoms with Crippen molar-refractivity contribution >= 4 is 11.6 Å². The van der Waals surface area contributed by atoms with Gasteiger partial charge in [0.25, 0.3) is 0 Å². The van der Waals surface area contributed by atoms with Gasteiger partial charge in [-0.1, -0.05) is 17.7 Å². The molecule has 0 spiro atoms. The van der Waals surface area contributed by atoms with Crippen molar-refractivity contribution < 1.29 is 5.11 Å². The Bertz CT molecular complexity index is 335. The van der Waals surface area contributed by atoms with Crippen LogP contribution in [0.3, 0.4) is 0 Å². The van der Waals surface area contributed by atoms with Gasteiger partial charge in [0.15, 0.2) is 0 Å². The molecular weight excluding hydrogens is 210 g/mol. The maximum Gasteiger partial charge on any atom is 0.0474 e. The van der Waals surface area contributed by atoms with Gasteiger partial charge in [0.05, 0.1) is 0 Å². The van der Waals surface area contributed by atoms with Crippen LogP contribution in [-0.2, 0) is 6.42 Å². The molecule has 0 fully saturated rings. The number of benzene rings is 1. The number of nitrogens with two attached hydrogens (primary N) is 1. The zero-order valence-electron chi connectivity index (χ0n) is 9.26. The Morgan fingerprint density at radius 3 is 2.47 bits per heavy atom. The summed E-state index contributed by atoms with van der Waals surface area (Å²) in [6.07, 6.45) is 0.743. The summed E-state index contributed by atoms with van der Waals surface area (Å²) in [5, 5.41) is 9.85. The highest BCUT2D eigenvalue weighted by Crippen LogP contribution is 2.23. The summed E-state index contributed by atoms with van der Waals surface area (Å²) in [5.41, 5.74) is 9.04. The molecule has 15 heavy (non-hydrogen) atoms. The van der Waals surface area contributed by atoms with Crippen LogP contribution < -0.4 is 5.73 Å². The van der Waals surface area contributed by atoms with E-state index in [0.717, 1.165) is 17.0 Å². The SMILES string of the molecule is Cc1cc(Cl)c(CC(CN)CO)cc1C. The van der Waals surface area contributed by atoms with Crippen LogP contribution in [0.5, 0.6) is 0 Å². The van der Waals surface area contributed by atoms with Gasteiger partial charge in [-0.15, -0.1) is 0 Å². The Labute approximate surface area is 96.1 Å². The Hall–Kier alpha value is -0.570. The van der Waals surface area contributed by atoms with E-state index in [1.807, 2.05) is 13.0 Å². The molecule has 0 aliphatic heterocycles. The van der Waals surface area contributed by atoms with Crippen molar-refractivity contribution in [3.05, 3.63) is 33.8 Å². The van der Waals surface area contributed by atoms with Crippen LogP contribution in [0.2, 0.25) is 5.02 Å². The van der Waals surface area contributed by atoms with E-state index in [-0.39, 0.29) is 12.5 Å². The molecule has 3 N–H and O–H groups in total. The van der Waals surface area contributed by atoms with Crippen LogP contribution in [0.15, 0.2) is 12.1 Å². The lowest BCUT2D eigenvalue weighted by atomic mass is 9.97. The molecule has 2 nitrogen and oxygen atoms in total. The van der Waals surface area contributed by atoms with Gasteiger partial charge in [-0.25, -0.2) is 0 Å². The maximum absolute atomic E-state index is 9.08. The first kappa shape index (κ1) is 12.5. The molecule has 1 atom stereocenters. The van der Waals surface area contributed by atoms with E-state index in [1.54, 1.807) is 0 Å². The number of halogens is 1. The molecule has 0 aliphatic rings. The van der Waals surface area contributed by atoms with Gasteiger partial charge in [-0.05, 0) is 55.5 Å². The molecule has 0 aliphatic carbocycles. The second-order valence-corrected chi connectivity index (χ2v) is 4.42. The zero-order valence-corrected chi connectivity index (χ0v) is 10.0. The molecule has 0 aromatic heterocycles. The first-order chi connectivity index (χ1) is 7.08. The first-order valence-corrected chi connectivity index (χ1v) is 5.52. The average molecular weight is 228 g/mol. The highest BCUT2D eigenvalue weighted by atomic mass is 35.5. The Balaban J connectivity index is 2.89. The summed E-state index contributed by atoms with van der Waals surface area (Å²) < 4.78 is 0. The van der Waals surface area contributed by atoms with Crippen LogP contribution in [0.4, 0.5) is 0 Å². The molecule has 1 rings (SSSR count). The lowest BCUT2D eigenvalue weighted by Crippen LogP contribution is -2.20. The molecule has 0 bridgehead atoms. The van der Waals surface area contributed by atoms with E-state index in [1.165, 1.54) is 11.1 Å². The fraction of sp³-hybridized carbons (Fsp3) is 0.500. The third-order valence-corrected chi connectivity index (χ3v) is 3.11. The van der Waals surface area contributed by atoms with E-state index in [4.69, 9.17) is 22.4 Å². The lowest BCUT2D eigenvalue weighted by Gasteiger charge is -2.14. The first-order valence-electron chi connectivity index (χ1n) is 5.15. The van der Waals surface area contributed by atoms with Gasteiger partial charge in [0, 0.05) is 11.6 Å². The number of hydrogen-bond donors (Lipinski definition) is 2. The number of rotatable bonds is 4. The van der Waals surface area contributed by atoms with E-state index in [9.17, 15) is 0 Å². The smallest absolute Gasteiger partial charge is 0.0474 e. The summed E-state index contributed by atoms with van der Waals surface area (Å²) in [7, 11) is 0. The molecule has 0 amide bonds. The summed E-state index contributed by atoms with van der Waals surface area (Å²) in [5.74, 6) is 0.101. The lowest BCUT2D eigenvalue weighted by molar-refractivity contribution is 0.230. The summed E-state index contributed by atoms with van der Waals surface area (Å²) in [4.78, 5) is 0. The van der Waals surface area contributed by atoms with E-state index in [2.05, 4.69) is 13.0 Å². The predicted molar refractivity (Wildman–Crippen MR) is 64.3 cm³/mol. The number of hydrogen-bond acceptors (Lipinski definition) is 2. The Morgan fingerprint density at radius 2 is 1.93 bits per heavy atom. The minimum Gasteiger partial charge on any atom is -0.396 e. The topological polar surface area (TPSA) is 46.2 Å². The monoisotopic (exact) mass is 227 g/mol.